The van der Waals surface area contributed by atoms with Gasteiger partial charge in [-0.1, -0.05) is 6.92 Å². The first kappa shape index (κ1) is 9.83. The van der Waals surface area contributed by atoms with Crippen molar-refractivity contribution in [2.24, 2.45) is 5.41 Å². The van der Waals surface area contributed by atoms with Gasteiger partial charge in [0.25, 0.3) is 0 Å². The summed E-state index contributed by atoms with van der Waals surface area (Å²) < 4.78 is 0. The van der Waals surface area contributed by atoms with Crippen LogP contribution in [0.1, 0.15) is 19.8 Å². The van der Waals surface area contributed by atoms with Gasteiger partial charge in [0.15, 0.2) is 0 Å². The van der Waals surface area contributed by atoms with E-state index in [9.17, 15) is 9.59 Å². The van der Waals surface area contributed by atoms with E-state index in [1.54, 1.807) is 0 Å². The lowest BCUT2D eigenvalue weighted by Crippen LogP contribution is -2.40. The second-order valence-corrected chi connectivity index (χ2v) is 3.74. The Hall–Kier alpha value is -1.26. The normalized spacial score (nSPS) is 17.6. The lowest BCUT2D eigenvalue weighted by Gasteiger charge is -2.09. The van der Waals surface area contributed by atoms with Gasteiger partial charge in [0.2, 0.25) is 0 Å². The summed E-state index contributed by atoms with van der Waals surface area (Å²) in [7, 11) is 0. The smallest absolute Gasteiger partial charge is 0.323 e. The van der Waals surface area contributed by atoms with E-state index >= 15 is 0 Å². The van der Waals surface area contributed by atoms with Crippen LogP contribution < -0.4 is 10.6 Å². The number of carboxylic acid groups (broad SMARTS) is 1. The van der Waals surface area contributed by atoms with Crippen LogP contribution in [0.15, 0.2) is 0 Å². The van der Waals surface area contributed by atoms with Crippen LogP contribution in [0.25, 0.3) is 0 Å². The standard InChI is InChI=1S/C8H14N2O3/c1-8(2-3-8)5-10-7(13)9-4-6(11)12/h2-5H2,1H3,(H,11,12)(H2,9,10,13). The summed E-state index contributed by atoms with van der Waals surface area (Å²) in [6, 6.07) is -0.407. The molecule has 0 unspecified atom stereocenters. The molecule has 0 spiro atoms. The van der Waals surface area contributed by atoms with E-state index in [-0.39, 0.29) is 12.0 Å². The predicted octanol–water partition coefficient (Wildman–Crippen LogP) is 0.170. The maximum absolute atomic E-state index is 10.9. The first-order valence-electron chi connectivity index (χ1n) is 4.25. The van der Waals surface area contributed by atoms with Crippen molar-refractivity contribution in [1.82, 2.24) is 10.6 Å². The topological polar surface area (TPSA) is 78.4 Å². The van der Waals surface area contributed by atoms with E-state index in [1.165, 1.54) is 0 Å². The molecule has 0 aromatic carbocycles. The minimum Gasteiger partial charge on any atom is -0.480 e. The SMILES string of the molecule is CC1(CNC(=O)NCC(=O)O)CC1. The molecular weight excluding hydrogens is 172 g/mol. The number of hydrogen-bond donors (Lipinski definition) is 3. The van der Waals surface area contributed by atoms with E-state index < -0.39 is 12.0 Å². The Morgan fingerprint density at radius 3 is 2.46 bits per heavy atom. The molecule has 1 aliphatic carbocycles. The molecule has 1 fully saturated rings. The van der Waals surface area contributed by atoms with E-state index in [0.717, 1.165) is 12.8 Å². The summed E-state index contributed by atoms with van der Waals surface area (Å²) in [5.74, 6) is -1.03. The molecule has 0 heterocycles. The Balaban J connectivity index is 2.07. The molecule has 1 aliphatic rings. The fourth-order valence-electron chi connectivity index (χ4n) is 0.902. The molecule has 13 heavy (non-hydrogen) atoms. The van der Waals surface area contributed by atoms with E-state index in [4.69, 9.17) is 5.11 Å². The monoisotopic (exact) mass is 186 g/mol. The van der Waals surface area contributed by atoms with Crippen molar-refractivity contribution in [3.8, 4) is 0 Å². The van der Waals surface area contributed by atoms with Crippen LogP contribution in [0.4, 0.5) is 4.79 Å². The first-order valence-corrected chi connectivity index (χ1v) is 4.25. The van der Waals surface area contributed by atoms with Crippen molar-refractivity contribution in [3.05, 3.63) is 0 Å². The quantitative estimate of drug-likeness (QED) is 0.585. The number of aliphatic carboxylic acids is 1. The van der Waals surface area contributed by atoms with E-state index in [2.05, 4.69) is 17.6 Å². The minimum atomic E-state index is -1.03. The van der Waals surface area contributed by atoms with E-state index in [0.29, 0.717) is 6.54 Å². The first-order chi connectivity index (χ1) is 6.02. The van der Waals surface area contributed by atoms with Crippen molar-refractivity contribution in [3.63, 3.8) is 0 Å². The summed E-state index contributed by atoms with van der Waals surface area (Å²) in [4.78, 5) is 21.0. The average Bonchev–Trinajstić information content (AvgIpc) is 2.77. The number of carbonyl (C=O) groups excluding carboxylic acids is 1. The van der Waals surface area contributed by atoms with Crippen molar-refractivity contribution in [1.29, 1.82) is 0 Å². The molecule has 1 saturated carbocycles. The molecule has 1 rings (SSSR count). The molecule has 0 radical (unpaired) electrons. The molecule has 0 aromatic heterocycles. The fraction of sp³-hybridized carbons (Fsp3) is 0.750. The Kier molecular flexibility index (Phi) is 2.75. The zero-order valence-electron chi connectivity index (χ0n) is 7.59. The number of rotatable bonds is 4. The molecule has 0 atom stereocenters. The Bertz CT molecular complexity index is 223. The van der Waals surface area contributed by atoms with Gasteiger partial charge in [-0.3, -0.25) is 4.79 Å². The van der Waals surface area contributed by atoms with E-state index in [1.807, 2.05) is 0 Å². The molecule has 5 heteroatoms. The highest BCUT2D eigenvalue weighted by atomic mass is 16.4. The van der Waals surface area contributed by atoms with Crippen molar-refractivity contribution in [2.45, 2.75) is 19.8 Å². The lowest BCUT2D eigenvalue weighted by molar-refractivity contribution is -0.135. The Labute approximate surface area is 76.5 Å². The molecule has 0 aliphatic heterocycles. The molecular formula is C8H14N2O3. The molecule has 2 amide bonds. The van der Waals surface area contributed by atoms with Crippen LogP contribution >= 0.6 is 0 Å². The Morgan fingerprint density at radius 1 is 1.38 bits per heavy atom. The number of urea groups is 1. The number of carbonyl (C=O) groups is 2. The van der Waals surface area contributed by atoms with Crippen LogP contribution in [-0.2, 0) is 4.79 Å². The highest BCUT2D eigenvalue weighted by molar-refractivity contribution is 5.79. The van der Waals surface area contributed by atoms with Gasteiger partial charge in [0.05, 0.1) is 0 Å². The Morgan fingerprint density at radius 2 is 2.00 bits per heavy atom. The van der Waals surface area contributed by atoms with Crippen LogP contribution in [-0.4, -0.2) is 30.2 Å². The summed E-state index contributed by atoms with van der Waals surface area (Å²) in [6.07, 6.45) is 2.26. The highest BCUT2D eigenvalue weighted by Gasteiger charge is 2.37. The largest absolute Gasteiger partial charge is 0.480 e. The number of amides is 2. The zero-order chi connectivity index (χ0) is 9.90. The average molecular weight is 186 g/mol. The second-order valence-electron chi connectivity index (χ2n) is 3.74. The maximum Gasteiger partial charge on any atom is 0.323 e. The second kappa shape index (κ2) is 3.64. The highest BCUT2D eigenvalue weighted by Crippen LogP contribution is 2.43. The summed E-state index contributed by atoms with van der Waals surface area (Å²) in [5.41, 5.74) is 0.251. The zero-order valence-corrected chi connectivity index (χ0v) is 7.59. The fourth-order valence-corrected chi connectivity index (χ4v) is 0.902. The predicted molar refractivity (Wildman–Crippen MR) is 46.4 cm³/mol. The van der Waals surface area contributed by atoms with Gasteiger partial charge in [0.1, 0.15) is 6.54 Å². The third-order valence-electron chi connectivity index (χ3n) is 2.18. The third kappa shape index (κ3) is 3.78. The van der Waals surface area contributed by atoms with Gasteiger partial charge in [-0.15, -0.1) is 0 Å². The molecule has 0 bridgehead atoms. The van der Waals surface area contributed by atoms with Crippen molar-refractivity contribution in [2.75, 3.05) is 13.1 Å². The van der Waals surface area contributed by atoms with Gasteiger partial charge in [-0.2, -0.15) is 0 Å². The number of hydrogen-bond acceptors (Lipinski definition) is 2. The molecule has 0 aromatic rings. The van der Waals surface area contributed by atoms with Crippen LogP contribution in [0.2, 0.25) is 0 Å². The van der Waals surface area contributed by atoms with Gasteiger partial charge in [-0.25, -0.2) is 4.79 Å². The summed E-state index contributed by atoms with van der Waals surface area (Å²) in [6.45, 7) is 2.38. The minimum absolute atomic E-state index is 0.251. The van der Waals surface area contributed by atoms with Crippen LogP contribution in [0.5, 0.6) is 0 Å². The van der Waals surface area contributed by atoms with Gasteiger partial charge < -0.3 is 15.7 Å². The van der Waals surface area contributed by atoms with Crippen molar-refractivity contribution >= 4 is 12.0 Å². The lowest BCUT2D eigenvalue weighted by atomic mass is 10.1. The van der Waals surface area contributed by atoms with Crippen molar-refractivity contribution < 1.29 is 14.7 Å². The van der Waals surface area contributed by atoms with Gasteiger partial charge in [-0.05, 0) is 18.3 Å². The maximum atomic E-state index is 10.9. The van der Waals surface area contributed by atoms with Crippen LogP contribution in [0.3, 0.4) is 0 Å². The third-order valence-corrected chi connectivity index (χ3v) is 2.18. The molecule has 74 valence electrons. The molecule has 5 nitrogen and oxygen atoms in total. The number of nitrogens with one attached hydrogen (secondary N) is 2. The molecule has 3 N–H and O–H groups in total. The van der Waals surface area contributed by atoms with Gasteiger partial charge in [0, 0.05) is 6.54 Å². The summed E-state index contributed by atoms with van der Waals surface area (Å²) in [5, 5.41) is 13.1. The van der Waals surface area contributed by atoms with Gasteiger partial charge >= 0.3 is 12.0 Å². The molecule has 0 saturated heterocycles. The number of carboxylic acids is 1. The van der Waals surface area contributed by atoms with Crippen LogP contribution in [0, 0.1) is 5.41 Å². The summed E-state index contributed by atoms with van der Waals surface area (Å²) >= 11 is 0.